The smallest absolute Gasteiger partial charge is 0.344 e. The number of esters is 1. The molecule has 1 N–H and O–H groups in total. The summed E-state index contributed by atoms with van der Waals surface area (Å²) in [6, 6.07) is 15.0. The summed E-state index contributed by atoms with van der Waals surface area (Å²) >= 11 is 1.46. The molecule has 3 rings (SSSR count). The third kappa shape index (κ3) is 5.72. The number of methoxy groups -OCH3 is 1. The first-order valence-corrected chi connectivity index (χ1v) is 9.21. The molecule has 140 valence electrons. The molecule has 27 heavy (non-hydrogen) atoms. The second-order valence-electron chi connectivity index (χ2n) is 5.76. The van der Waals surface area contributed by atoms with E-state index in [4.69, 9.17) is 14.2 Å². The summed E-state index contributed by atoms with van der Waals surface area (Å²) in [5.41, 5.74) is 2.85. The van der Waals surface area contributed by atoms with Gasteiger partial charge in [-0.1, -0.05) is 17.7 Å². The minimum atomic E-state index is -0.452. The topological polar surface area (TPSA) is 69.7 Å². The van der Waals surface area contributed by atoms with Gasteiger partial charge in [0.25, 0.3) is 0 Å². The Hall–Kier alpha value is -3.06. The number of aryl methyl sites for hydroxylation is 1. The van der Waals surface area contributed by atoms with E-state index in [2.05, 4.69) is 10.3 Å². The zero-order valence-corrected chi connectivity index (χ0v) is 15.9. The minimum Gasteiger partial charge on any atom is -0.497 e. The molecule has 0 unspecified atom stereocenters. The normalized spacial score (nSPS) is 10.3. The number of nitrogens with one attached hydrogen (secondary N) is 1. The molecule has 0 atom stereocenters. The Bertz CT molecular complexity index is 876. The van der Waals surface area contributed by atoms with E-state index in [-0.39, 0.29) is 13.2 Å². The average molecular weight is 384 g/mol. The third-order valence-electron chi connectivity index (χ3n) is 3.65. The van der Waals surface area contributed by atoms with Crippen molar-refractivity contribution in [1.29, 1.82) is 0 Å². The van der Waals surface area contributed by atoms with Crippen LogP contribution < -0.4 is 14.8 Å². The summed E-state index contributed by atoms with van der Waals surface area (Å²) in [6.45, 7) is 1.99. The lowest BCUT2D eigenvalue weighted by Crippen LogP contribution is -2.14. The van der Waals surface area contributed by atoms with E-state index in [1.807, 2.05) is 36.6 Å². The Labute approximate surface area is 161 Å². The van der Waals surface area contributed by atoms with Gasteiger partial charge in [0, 0.05) is 11.1 Å². The molecule has 1 heterocycles. The van der Waals surface area contributed by atoms with Crippen LogP contribution in [0.5, 0.6) is 11.5 Å². The molecule has 0 aliphatic carbocycles. The highest BCUT2D eigenvalue weighted by atomic mass is 32.1. The lowest BCUT2D eigenvalue weighted by molar-refractivity contribution is -0.147. The van der Waals surface area contributed by atoms with Gasteiger partial charge in [-0.15, -0.1) is 11.3 Å². The largest absolute Gasteiger partial charge is 0.497 e. The van der Waals surface area contributed by atoms with Crippen molar-refractivity contribution in [2.75, 3.05) is 19.0 Å². The van der Waals surface area contributed by atoms with Crippen molar-refractivity contribution in [1.82, 2.24) is 4.98 Å². The summed E-state index contributed by atoms with van der Waals surface area (Å²) in [4.78, 5) is 16.2. The molecule has 0 spiro atoms. The lowest BCUT2D eigenvalue weighted by atomic mass is 10.2. The predicted molar refractivity (Wildman–Crippen MR) is 105 cm³/mol. The van der Waals surface area contributed by atoms with Gasteiger partial charge in [-0.25, -0.2) is 9.78 Å². The molecule has 7 heteroatoms. The monoisotopic (exact) mass is 384 g/mol. The van der Waals surface area contributed by atoms with E-state index in [0.717, 1.165) is 16.6 Å². The first kappa shape index (κ1) is 18.7. The van der Waals surface area contributed by atoms with Crippen LogP contribution in [0.25, 0.3) is 0 Å². The molecule has 0 saturated carbocycles. The number of hydrogen-bond acceptors (Lipinski definition) is 7. The van der Waals surface area contributed by atoms with Crippen LogP contribution >= 0.6 is 11.3 Å². The van der Waals surface area contributed by atoms with E-state index in [1.54, 1.807) is 31.4 Å². The number of hydrogen-bond donors (Lipinski definition) is 1. The third-order valence-corrected chi connectivity index (χ3v) is 4.46. The van der Waals surface area contributed by atoms with Crippen molar-refractivity contribution in [2.24, 2.45) is 0 Å². The molecular formula is C20H20N2O4S. The number of rotatable bonds is 8. The highest BCUT2D eigenvalue weighted by Gasteiger charge is 2.08. The molecule has 0 fully saturated rings. The number of carbonyl (C=O) groups is 1. The van der Waals surface area contributed by atoms with Crippen LogP contribution in [0.4, 0.5) is 10.8 Å². The van der Waals surface area contributed by atoms with Crippen molar-refractivity contribution in [2.45, 2.75) is 13.5 Å². The van der Waals surface area contributed by atoms with Gasteiger partial charge in [-0.3, -0.25) is 0 Å². The van der Waals surface area contributed by atoms with Crippen LogP contribution in [-0.4, -0.2) is 24.7 Å². The molecule has 6 nitrogen and oxygen atoms in total. The summed E-state index contributed by atoms with van der Waals surface area (Å²) in [6.07, 6.45) is 0. The van der Waals surface area contributed by atoms with Crippen LogP contribution in [0.15, 0.2) is 53.9 Å². The Balaban J connectivity index is 1.43. The number of benzene rings is 2. The fourth-order valence-corrected chi connectivity index (χ4v) is 2.92. The molecule has 0 saturated heterocycles. The van der Waals surface area contributed by atoms with Gasteiger partial charge in [0.1, 0.15) is 18.1 Å². The van der Waals surface area contributed by atoms with Crippen molar-refractivity contribution in [3.8, 4) is 11.5 Å². The molecule has 0 aliphatic rings. The maximum atomic E-state index is 11.8. The van der Waals surface area contributed by atoms with E-state index in [9.17, 15) is 4.79 Å². The first-order valence-electron chi connectivity index (χ1n) is 8.33. The molecule has 3 aromatic rings. The van der Waals surface area contributed by atoms with Gasteiger partial charge < -0.3 is 19.5 Å². The van der Waals surface area contributed by atoms with Crippen LogP contribution in [-0.2, 0) is 16.1 Å². The SMILES string of the molecule is COc1ccc(OCC(=O)OCc2csc(Nc3ccc(C)cc3)n2)cc1. The van der Waals surface area contributed by atoms with Crippen LogP contribution in [0.3, 0.4) is 0 Å². The predicted octanol–water partition coefficient (Wildman–Crippen LogP) is 4.33. The maximum Gasteiger partial charge on any atom is 0.344 e. The van der Waals surface area contributed by atoms with Gasteiger partial charge in [-0.2, -0.15) is 0 Å². The Kier molecular flexibility index (Phi) is 6.27. The number of anilines is 2. The quantitative estimate of drug-likeness (QED) is 0.583. The Morgan fingerprint density at radius 1 is 1.07 bits per heavy atom. The average Bonchev–Trinajstić information content (AvgIpc) is 3.14. The van der Waals surface area contributed by atoms with E-state index < -0.39 is 5.97 Å². The molecule has 0 bridgehead atoms. The van der Waals surface area contributed by atoms with Crippen molar-refractivity contribution < 1.29 is 19.0 Å². The Morgan fingerprint density at radius 3 is 2.48 bits per heavy atom. The maximum absolute atomic E-state index is 11.8. The van der Waals surface area contributed by atoms with Gasteiger partial charge in [0.05, 0.1) is 12.8 Å². The lowest BCUT2D eigenvalue weighted by Gasteiger charge is -2.07. The number of carbonyl (C=O) groups excluding carboxylic acids is 1. The highest BCUT2D eigenvalue weighted by molar-refractivity contribution is 7.13. The molecule has 1 aromatic heterocycles. The van der Waals surface area contributed by atoms with Gasteiger partial charge >= 0.3 is 5.97 Å². The first-order chi connectivity index (χ1) is 13.1. The summed E-state index contributed by atoms with van der Waals surface area (Å²) in [5, 5.41) is 5.83. The van der Waals surface area contributed by atoms with E-state index >= 15 is 0 Å². The zero-order chi connectivity index (χ0) is 19.1. The number of ether oxygens (including phenoxy) is 3. The van der Waals surface area contributed by atoms with Crippen molar-refractivity contribution in [3.05, 3.63) is 65.2 Å². The van der Waals surface area contributed by atoms with Crippen molar-refractivity contribution >= 4 is 28.1 Å². The second kappa shape index (κ2) is 9.05. The summed E-state index contributed by atoms with van der Waals surface area (Å²) < 4.78 is 15.7. The number of aromatic nitrogens is 1. The fraction of sp³-hybridized carbons (Fsp3) is 0.200. The van der Waals surface area contributed by atoms with Crippen LogP contribution in [0.2, 0.25) is 0 Å². The van der Waals surface area contributed by atoms with Gasteiger partial charge in [0.2, 0.25) is 0 Å². The summed E-state index contributed by atoms with van der Waals surface area (Å²) in [5.74, 6) is 0.848. The minimum absolute atomic E-state index is 0.108. The zero-order valence-electron chi connectivity index (χ0n) is 15.1. The van der Waals surface area contributed by atoms with E-state index in [1.165, 1.54) is 16.9 Å². The molecule has 0 aliphatic heterocycles. The molecular weight excluding hydrogens is 364 g/mol. The highest BCUT2D eigenvalue weighted by Crippen LogP contribution is 2.22. The molecule has 2 aromatic carbocycles. The fourth-order valence-electron chi connectivity index (χ4n) is 2.20. The van der Waals surface area contributed by atoms with Gasteiger partial charge in [-0.05, 0) is 43.3 Å². The second-order valence-corrected chi connectivity index (χ2v) is 6.62. The van der Waals surface area contributed by atoms with Crippen LogP contribution in [0.1, 0.15) is 11.3 Å². The van der Waals surface area contributed by atoms with E-state index in [0.29, 0.717) is 11.4 Å². The van der Waals surface area contributed by atoms with Gasteiger partial charge in [0.15, 0.2) is 11.7 Å². The molecule has 0 amide bonds. The summed E-state index contributed by atoms with van der Waals surface area (Å²) in [7, 11) is 1.59. The van der Waals surface area contributed by atoms with Crippen LogP contribution in [0, 0.1) is 6.92 Å². The number of thiazole rings is 1. The standard InChI is InChI=1S/C20H20N2O4S/c1-14-3-5-15(6-4-14)21-20-22-16(13-27-20)11-26-19(23)12-25-18-9-7-17(24-2)8-10-18/h3-10,13H,11-12H2,1-2H3,(H,21,22). The number of nitrogens with zero attached hydrogens (tertiary/aromatic N) is 1. The van der Waals surface area contributed by atoms with Crippen molar-refractivity contribution in [3.63, 3.8) is 0 Å². The molecule has 0 radical (unpaired) electrons. The Morgan fingerprint density at radius 2 is 1.78 bits per heavy atom.